The van der Waals surface area contributed by atoms with Gasteiger partial charge in [0, 0.05) is 0 Å². The third-order valence-electron chi connectivity index (χ3n) is 1.69. The Morgan fingerprint density at radius 3 is 2.25 bits per heavy atom. The fourth-order valence-corrected chi connectivity index (χ4v) is 2.93. The molecule has 0 saturated heterocycles. The molecule has 0 radical (unpaired) electrons. The molecule has 1 aromatic heterocycles. The molecule has 1 heterocycles. The number of para-hydroxylation sites is 1. The summed E-state index contributed by atoms with van der Waals surface area (Å²) >= 11 is 1.14. The first kappa shape index (κ1) is 13.7. The Balaban J connectivity index is 0.00000128. The monoisotopic (exact) mass is 264 g/mol. The molecule has 1 aromatic carbocycles. The van der Waals surface area contributed by atoms with Crippen molar-refractivity contribution >= 4 is 51.0 Å². The van der Waals surface area contributed by atoms with Crippen molar-refractivity contribution < 1.29 is 12.6 Å². The van der Waals surface area contributed by atoms with Crippen molar-refractivity contribution in [3.63, 3.8) is 0 Å². The van der Waals surface area contributed by atoms with E-state index in [1.165, 1.54) is 6.07 Å². The van der Waals surface area contributed by atoms with Gasteiger partial charge in [-0.1, -0.05) is 24.3 Å². The van der Waals surface area contributed by atoms with Gasteiger partial charge >= 0.3 is 39.7 Å². The standard InChI is InChI=1S/C10H8O3S2.Na.H/c11-15(12,10-7-4-8-14-10)13-9-5-2-1-3-6-9;;/h1-8H;;. The van der Waals surface area contributed by atoms with Gasteiger partial charge in [0.25, 0.3) is 0 Å². The summed E-state index contributed by atoms with van der Waals surface area (Å²) in [5.41, 5.74) is 0. The minimum atomic E-state index is -3.65. The molecule has 0 spiro atoms. The summed E-state index contributed by atoms with van der Waals surface area (Å²) in [5.74, 6) is 0.325. The molecular weight excluding hydrogens is 255 g/mol. The molecule has 2 rings (SSSR count). The molecule has 6 heteroatoms. The van der Waals surface area contributed by atoms with Crippen molar-refractivity contribution in [3.8, 4) is 5.75 Å². The van der Waals surface area contributed by atoms with Gasteiger partial charge in [0.1, 0.15) is 5.75 Å². The zero-order chi connectivity index (χ0) is 10.7. The molecule has 0 saturated carbocycles. The Labute approximate surface area is 120 Å². The summed E-state index contributed by atoms with van der Waals surface area (Å²) in [4.78, 5) is 0. The Morgan fingerprint density at radius 1 is 1.00 bits per heavy atom. The molecule has 0 fully saturated rings. The molecule has 16 heavy (non-hydrogen) atoms. The minimum absolute atomic E-state index is 0. The Hall–Kier alpha value is -0.330. The van der Waals surface area contributed by atoms with Crippen LogP contribution in [0, 0.1) is 0 Å². The van der Waals surface area contributed by atoms with Crippen LogP contribution in [0.5, 0.6) is 5.75 Å². The van der Waals surface area contributed by atoms with Crippen molar-refractivity contribution in [1.29, 1.82) is 0 Å². The van der Waals surface area contributed by atoms with Gasteiger partial charge in [0.05, 0.1) is 0 Å². The zero-order valence-corrected chi connectivity index (χ0v) is 9.29. The molecule has 0 unspecified atom stereocenters. The van der Waals surface area contributed by atoms with Crippen LogP contribution >= 0.6 is 11.3 Å². The van der Waals surface area contributed by atoms with Crippen LogP contribution in [0.3, 0.4) is 0 Å². The summed E-state index contributed by atoms with van der Waals surface area (Å²) in [5, 5.41) is 1.70. The van der Waals surface area contributed by atoms with Gasteiger partial charge in [0.2, 0.25) is 0 Å². The first-order valence-corrected chi connectivity index (χ1v) is 6.50. The van der Waals surface area contributed by atoms with Crippen molar-refractivity contribution in [2.45, 2.75) is 4.21 Å². The van der Waals surface area contributed by atoms with Crippen LogP contribution in [0.1, 0.15) is 0 Å². The van der Waals surface area contributed by atoms with Crippen LogP contribution in [-0.4, -0.2) is 38.0 Å². The molecule has 3 nitrogen and oxygen atoms in total. The summed E-state index contributed by atoms with van der Waals surface area (Å²) in [6.07, 6.45) is 0. The van der Waals surface area contributed by atoms with Crippen LogP contribution in [-0.2, 0) is 10.1 Å². The third-order valence-corrected chi connectivity index (χ3v) is 4.29. The summed E-state index contributed by atoms with van der Waals surface area (Å²) in [7, 11) is -3.65. The maximum absolute atomic E-state index is 11.7. The molecule has 0 atom stereocenters. The Kier molecular flexibility index (Phi) is 5.01. The van der Waals surface area contributed by atoms with Gasteiger partial charge < -0.3 is 4.18 Å². The molecular formula is C10H9NaO3S2. The average molecular weight is 264 g/mol. The van der Waals surface area contributed by atoms with Crippen LogP contribution in [0.2, 0.25) is 0 Å². The second-order valence-corrected chi connectivity index (χ2v) is 5.50. The summed E-state index contributed by atoms with van der Waals surface area (Å²) in [6.45, 7) is 0. The summed E-state index contributed by atoms with van der Waals surface area (Å²) in [6, 6.07) is 11.6. The molecule has 0 N–H and O–H groups in total. The number of thiophene rings is 1. The van der Waals surface area contributed by atoms with Gasteiger partial charge in [0.15, 0.2) is 4.21 Å². The van der Waals surface area contributed by atoms with Crippen molar-refractivity contribution in [3.05, 3.63) is 47.8 Å². The first-order chi connectivity index (χ1) is 7.18. The molecule has 0 amide bonds. The number of hydrogen-bond acceptors (Lipinski definition) is 4. The predicted octanol–water partition coefficient (Wildman–Crippen LogP) is 1.87. The van der Waals surface area contributed by atoms with E-state index in [9.17, 15) is 8.42 Å². The SMILES string of the molecule is O=S(=O)(Oc1ccccc1)c1cccs1.[NaH]. The van der Waals surface area contributed by atoms with Crippen LogP contribution in [0.4, 0.5) is 0 Å². The molecule has 0 bridgehead atoms. The van der Waals surface area contributed by atoms with Crippen molar-refractivity contribution in [2.24, 2.45) is 0 Å². The molecule has 0 aliphatic heterocycles. The van der Waals surface area contributed by atoms with Gasteiger partial charge in [-0.3, -0.25) is 0 Å². The van der Waals surface area contributed by atoms with Crippen LogP contribution in [0.15, 0.2) is 52.1 Å². The fourth-order valence-electron chi connectivity index (χ4n) is 1.05. The Bertz CT molecular complexity index is 520. The van der Waals surface area contributed by atoms with E-state index in [0.717, 1.165) is 11.3 Å². The molecule has 80 valence electrons. The Morgan fingerprint density at radius 2 is 1.69 bits per heavy atom. The van der Waals surface area contributed by atoms with E-state index in [0.29, 0.717) is 5.75 Å². The average Bonchev–Trinajstić information content (AvgIpc) is 2.71. The second-order valence-electron chi connectivity index (χ2n) is 2.78. The van der Waals surface area contributed by atoms with E-state index >= 15 is 0 Å². The third kappa shape index (κ3) is 3.33. The number of hydrogen-bond donors (Lipinski definition) is 0. The van der Waals surface area contributed by atoms with E-state index < -0.39 is 10.1 Å². The van der Waals surface area contributed by atoms with Gasteiger partial charge in [-0.2, -0.15) is 8.42 Å². The van der Waals surface area contributed by atoms with E-state index in [1.54, 1.807) is 41.8 Å². The topological polar surface area (TPSA) is 43.4 Å². The van der Waals surface area contributed by atoms with E-state index in [-0.39, 0.29) is 33.8 Å². The number of rotatable bonds is 3. The fraction of sp³-hybridized carbons (Fsp3) is 0. The van der Waals surface area contributed by atoms with E-state index in [2.05, 4.69) is 0 Å². The van der Waals surface area contributed by atoms with E-state index in [4.69, 9.17) is 4.18 Å². The van der Waals surface area contributed by atoms with Crippen LogP contribution in [0.25, 0.3) is 0 Å². The molecule has 0 aliphatic carbocycles. The van der Waals surface area contributed by atoms with Crippen molar-refractivity contribution in [1.82, 2.24) is 0 Å². The van der Waals surface area contributed by atoms with Gasteiger partial charge in [-0.05, 0) is 23.6 Å². The van der Waals surface area contributed by atoms with Crippen LogP contribution < -0.4 is 4.18 Å². The number of benzene rings is 1. The molecule has 0 aliphatic rings. The normalized spacial score (nSPS) is 10.5. The second kappa shape index (κ2) is 5.84. The van der Waals surface area contributed by atoms with Crippen molar-refractivity contribution in [2.75, 3.05) is 0 Å². The molecule has 2 aromatic rings. The van der Waals surface area contributed by atoms with E-state index in [1.807, 2.05) is 0 Å². The van der Waals surface area contributed by atoms with Gasteiger partial charge in [-0.25, -0.2) is 0 Å². The van der Waals surface area contributed by atoms with Gasteiger partial charge in [-0.15, -0.1) is 11.3 Å². The maximum atomic E-state index is 11.7. The summed E-state index contributed by atoms with van der Waals surface area (Å²) < 4.78 is 28.4. The first-order valence-electron chi connectivity index (χ1n) is 4.21. The quantitative estimate of drug-likeness (QED) is 0.628. The zero-order valence-electron chi connectivity index (χ0n) is 7.66. The predicted molar refractivity (Wildman–Crippen MR) is 65.7 cm³/mol.